The second-order valence-corrected chi connectivity index (χ2v) is 11.4. The van der Waals surface area contributed by atoms with Gasteiger partial charge in [0.2, 0.25) is 0 Å². The number of hydrogen-bond donors (Lipinski definition) is 0. The molecule has 1 aliphatic heterocycles. The van der Waals surface area contributed by atoms with E-state index in [-0.39, 0.29) is 11.6 Å². The molecule has 0 saturated carbocycles. The summed E-state index contributed by atoms with van der Waals surface area (Å²) in [5, 5.41) is 0.648. The molecule has 8 heteroatoms. The van der Waals surface area contributed by atoms with Crippen molar-refractivity contribution in [2.75, 3.05) is 7.11 Å². The number of rotatable bonds is 4. The van der Waals surface area contributed by atoms with Crippen molar-refractivity contribution in [1.29, 1.82) is 0 Å². The van der Waals surface area contributed by atoms with Gasteiger partial charge in [0.25, 0.3) is 5.56 Å². The van der Waals surface area contributed by atoms with Crippen LogP contribution < -0.4 is 14.9 Å². The number of aromatic nitrogens is 1. The quantitative estimate of drug-likeness (QED) is 0.245. The number of hydrogen-bond acceptors (Lipinski definition) is 6. The molecule has 0 amide bonds. The number of allylic oxidation sites excluding steroid dienone is 1. The molecule has 202 valence electrons. The topological polar surface area (TPSA) is 73.8 Å². The highest BCUT2D eigenvalue weighted by Gasteiger charge is 2.32. The normalized spacial score (nSPS) is 16.0. The lowest BCUT2D eigenvalue weighted by Gasteiger charge is -2.30. The molecule has 0 spiro atoms. The summed E-state index contributed by atoms with van der Waals surface area (Å²) < 4.78 is 13.3. The van der Waals surface area contributed by atoms with E-state index in [4.69, 9.17) is 25.7 Å². The number of nitrogens with zero attached hydrogens (tertiary/aromatic N) is 2. The number of methoxy groups -OCH3 is 1. The molecule has 0 radical (unpaired) electrons. The van der Waals surface area contributed by atoms with Crippen molar-refractivity contribution in [2.45, 2.75) is 18.9 Å². The van der Waals surface area contributed by atoms with Gasteiger partial charge in [0.05, 0.1) is 28.9 Å². The van der Waals surface area contributed by atoms with E-state index in [2.05, 4.69) is 18.2 Å². The van der Waals surface area contributed by atoms with Crippen molar-refractivity contribution < 1.29 is 13.9 Å². The largest absolute Gasteiger partial charge is 0.465 e. The Balaban J connectivity index is 1.35. The van der Waals surface area contributed by atoms with Crippen LogP contribution in [0.15, 0.2) is 105 Å². The SMILES string of the molecule is COC(=O)c1cccc(-c2ccc(/C=c3/sc4n(c3=O)[C@H](c3ccc(Cl)cc3)C3=C(N=4)c4ccccc4CC3)o2)c1. The number of carbonyl (C=O) groups excluding carboxylic acids is 1. The van der Waals surface area contributed by atoms with Gasteiger partial charge in [-0.25, -0.2) is 9.79 Å². The Bertz CT molecular complexity index is 2050. The number of thiazole rings is 1. The van der Waals surface area contributed by atoms with Crippen LogP contribution in [0.3, 0.4) is 0 Å². The number of benzene rings is 3. The van der Waals surface area contributed by atoms with E-state index < -0.39 is 5.97 Å². The van der Waals surface area contributed by atoms with E-state index in [1.165, 1.54) is 24.0 Å². The van der Waals surface area contributed by atoms with Gasteiger partial charge in [-0.05, 0) is 65.9 Å². The van der Waals surface area contributed by atoms with Crippen LogP contribution in [0, 0.1) is 0 Å². The Kier molecular flexibility index (Phi) is 6.33. The zero-order chi connectivity index (χ0) is 28.1. The number of furan rings is 1. The van der Waals surface area contributed by atoms with Crippen LogP contribution in [0.4, 0.5) is 0 Å². The maximum atomic E-state index is 14.0. The van der Waals surface area contributed by atoms with Crippen molar-refractivity contribution in [1.82, 2.24) is 4.57 Å². The molecule has 0 unspecified atom stereocenters. The molecular formula is C33H23ClN2O4S. The maximum Gasteiger partial charge on any atom is 0.337 e. The summed E-state index contributed by atoms with van der Waals surface area (Å²) in [6.07, 6.45) is 3.47. The van der Waals surface area contributed by atoms with Crippen molar-refractivity contribution in [3.8, 4) is 11.3 Å². The van der Waals surface area contributed by atoms with Gasteiger partial charge in [-0.2, -0.15) is 0 Å². The minimum atomic E-state index is -0.416. The van der Waals surface area contributed by atoms with Crippen LogP contribution in [-0.4, -0.2) is 17.6 Å². The van der Waals surface area contributed by atoms with Crippen LogP contribution in [0.1, 0.15) is 45.3 Å². The zero-order valence-electron chi connectivity index (χ0n) is 22.0. The average molecular weight is 579 g/mol. The highest BCUT2D eigenvalue weighted by Crippen LogP contribution is 2.41. The summed E-state index contributed by atoms with van der Waals surface area (Å²) in [6.45, 7) is 0. The Morgan fingerprint density at radius 3 is 2.71 bits per heavy atom. The van der Waals surface area contributed by atoms with Gasteiger partial charge in [0, 0.05) is 22.2 Å². The third-order valence-corrected chi connectivity index (χ3v) is 8.76. The number of halogens is 1. The predicted molar refractivity (Wildman–Crippen MR) is 160 cm³/mol. The first-order valence-electron chi connectivity index (χ1n) is 13.2. The van der Waals surface area contributed by atoms with Crippen LogP contribution in [0.5, 0.6) is 0 Å². The summed E-state index contributed by atoms with van der Waals surface area (Å²) >= 11 is 7.57. The molecule has 41 heavy (non-hydrogen) atoms. The molecule has 2 aromatic heterocycles. The molecule has 3 heterocycles. The van der Waals surface area contributed by atoms with Gasteiger partial charge < -0.3 is 9.15 Å². The number of fused-ring (bicyclic) bond motifs is 3. The molecule has 0 bridgehead atoms. The molecule has 2 aliphatic rings. The van der Waals surface area contributed by atoms with Gasteiger partial charge in [-0.1, -0.05) is 71.5 Å². The van der Waals surface area contributed by atoms with E-state index >= 15 is 0 Å². The van der Waals surface area contributed by atoms with Gasteiger partial charge in [0.15, 0.2) is 4.80 Å². The van der Waals surface area contributed by atoms with Crippen LogP contribution >= 0.6 is 22.9 Å². The number of esters is 1. The summed E-state index contributed by atoms with van der Waals surface area (Å²) in [4.78, 5) is 31.6. The molecule has 3 aromatic carbocycles. The zero-order valence-corrected chi connectivity index (χ0v) is 23.5. The molecule has 5 aromatic rings. The van der Waals surface area contributed by atoms with Gasteiger partial charge in [0.1, 0.15) is 11.5 Å². The van der Waals surface area contributed by atoms with Crippen LogP contribution in [-0.2, 0) is 11.2 Å². The Labute approximate surface area is 244 Å². The standard InChI is InChI=1S/C33H23ClN2O4S/c1-39-32(38)22-7-4-6-21(17-22)27-16-14-24(40-27)18-28-31(37)36-30(20-9-12-23(34)13-10-20)26-15-11-19-5-2-3-8-25(19)29(26)35-33(36)41-28/h2-10,12-14,16-18,30H,11,15H2,1H3/b28-18+/t30-/m1/s1. The van der Waals surface area contributed by atoms with Crippen molar-refractivity contribution in [3.05, 3.63) is 143 Å². The maximum absolute atomic E-state index is 14.0. The molecule has 1 atom stereocenters. The third-order valence-electron chi connectivity index (χ3n) is 7.53. The van der Waals surface area contributed by atoms with Gasteiger partial charge in [-0.3, -0.25) is 9.36 Å². The number of ether oxygens (including phenoxy) is 1. The molecule has 0 saturated heterocycles. The van der Waals surface area contributed by atoms with E-state index in [0.717, 1.165) is 40.8 Å². The fraction of sp³-hybridized carbons (Fsp3) is 0.121. The lowest BCUT2D eigenvalue weighted by molar-refractivity contribution is 0.0601. The average Bonchev–Trinajstić information content (AvgIpc) is 3.60. The van der Waals surface area contributed by atoms with Crippen molar-refractivity contribution in [2.24, 2.45) is 4.99 Å². The number of carbonyl (C=O) groups is 1. The van der Waals surface area contributed by atoms with E-state index in [9.17, 15) is 9.59 Å². The van der Waals surface area contributed by atoms with Crippen molar-refractivity contribution in [3.63, 3.8) is 0 Å². The van der Waals surface area contributed by atoms with Crippen LogP contribution in [0.2, 0.25) is 5.02 Å². The second kappa shape index (κ2) is 10.2. The summed E-state index contributed by atoms with van der Waals surface area (Å²) in [5.74, 6) is 0.701. The molecule has 6 nitrogen and oxygen atoms in total. The highest BCUT2D eigenvalue weighted by molar-refractivity contribution is 7.07. The molecule has 0 N–H and O–H groups in total. The summed E-state index contributed by atoms with van der Waals surface area (Å²) in [6, 6.07) is 26.5. The first kappa shape index (κ1) is 25.5. The molecule has 7 rings (SSSR count). The van der Waals surface area contributed by atoms with Crippen LogP contribution in [0.25, 0.3) is 23.1 Å². The van der Waals surface area contributed by atoms with E-state index in [0.29, 0.717) is 31.4 Å². The fourth-order valence-corrected chi connectivity index (χ4v) is 6.71. The molecular weight excluding hydrogens is 556 g/mol. The van der Waals surface area contributed by atoms with Crippen molar-refractivity contribution >= 4 is 40.7 Å². The molecule has 1 aliphatic carbocycles. The van der Waals surface area contributed by atoms with Gasteiger partial charge in [-0.15, -0.1) is 0 Å². The monoisotopic (exact) mass is 578 g/mol. The Morgan fingerprint density at radius 2 is 1.88 bits per heavy atom. The lowest BCUT2D eigenvalue weighted by atomic mass is 9.83. The minimum Gasteiger partial charge on any atom is -0.465 e. The smallest absolute Gasteiger partial charge is 0.337 e. The third kappa shape index (κ3) is 4.47. The highest BCUT2D eigenvalue weighted by atomic mass is 35.5. The fourth-order valence-electron chi connectivity index (χ4n) is 5.60. The van der Waals surface area contributed by atoms with Gasteiger partial charge >= 0.3 is 5.97 Å². The first-order valence-corrected chi connectivity index (χ1v) is 14.4. The predicted octanol–water partition coefficient (Wildman–Crippen LogP) is 6.02. The minimum absolute atomic E-state index is 0.121. The Hall–Kier alpha value is -4.46. The first-order chi connectivity index (χ1) is 20.0. The number of aryl methyl sites for hydroxylation is 1. The second-order valence-electron chi connectivity index (χ2n) is 9.94. The summed E-state index contributed by atoms with van der Waals surface area (Å²) in [5.41, 5.74) is 6.52. The van der Waals surface area contributed by atoms with E-state index in [1.807, 2.05) is 48.5 Å². The summed E-state index contributed by atoms with van der Waals surface area (Å²) in [7, 11) is 1.35. The lowest BCUT2D eigenvalue weighted by Crippen LogP contribution is -2.38. The van der Waals surface area contributed by atoms with E-state index in [1.54, 1.807) is 28.8 Å². The Morgan fingerprint density at radius 1 is 1.05 bits per heavy atom. The molecule has 0 fully saturated rings.